The highest BCUT2D eigenvalue weighted by Gasteiger charge is 2.74. The summed E-state index contributed by atoms with van der Waals surface area (Å²) in [6.45, 7) is 1.99. The Bertz CT molecular complexity index is 1010. The number of aryl methyl sites for hydroxylation is 1. The van der Waals surface area contributed by atoms with E-state index in [2.05, 4.69) is 10.6 Å². The molecular formula is C26H31N3O4. The van der Waals surface area contributed by atoms with Crippen LogP contribution in [0.2, 0.25) is 0 Å². The van der Waals surface area contributed by atoms with Gasteiger partial charge in [-0.3, -0.25) is 14.4 Å². The van der Waals surface area contributed by atoms with E-state index in [-0.39, 0.29) is 29.8 Å². The molecule has 6 rings (SSSR count). The van der Waals surface area contributed by atoms with Crippen LogP contribution >= 0.6 is 0 Å². The van der Waals surface area contributed by atoms with Gasteiger partial charge < -0.3 is 20.3 Å². The average Bonchev–Trinajstić information content (AvgIpc) is 3.40. The van der Waals surface area contributed by atoms with E-state index in [4.69, 9.17) is 4.74 Å². The fourth-order valence-corrected chi connectivity index (χ4v) is 6.34. The zero-order valence-corrected chi connectivity index (χ0v) is 19.0. The van der Waals surface area contributed by atoms with Gasteiger partial charge >= 0.3 is 0 Å². The number of fused-ring (bicyclic) bond motifs is 1. The van der Waals surface area contributed by atoms with E-state index in [0.717, 1.165) is 44.1 Å². The fourth-order valence-electron chi connectivity index (χ4n) is 6.34. The molecule has 0 radical (unpaired) electrons. The summed E-state index contributed by atoms with van der Waals surface area (Å²) >= 11 is 0. The predicted octanol–water partition coefficient (Wildman–Crippen LogP) is 2.70. The number of carbonyl (C=O) groups excluding carboxylic acids is 3. The third kappa shape index (κ3) is 3.31. The standard InChI is InChI=1S/C26H31N3O4/c1-15-7-9-17(10-8-15)27-23(30)20-19-13-14-26(33-19)21(20)25(32)29(18-11-12-18)22(26)24(31)28-16-5-3-2-4-6-16/h7-10,13-14,16,18-22H,2-6,11-12H2,1H3,(H,27,30)(H,28,31)/t19-,20+,21-,22+,26-/m1/s1. The van der Waals surface area contributed by atoms with Crippen LogP contribution in [0, 0.1) is 18.8 Å². The normalized spacial score (nSPS) is 35.1. The van der Waals surface area contributed by atoms with Crippen molar-refractivity contribution in [1.82, 2.24) is 10.2 Å². The molecule has 174 valence electrons. The molecule has 2 aliphatic carbocycles. The van der Waals surface area contributed by atoms with E-state index in [9.17, 15) is 14.4 Å². The van der Waals surface area contributed by atoms with Gasteiger partial charge in [0.25, 0.3) is 0 Å². The van der Waals surface area contributed by atoms with E-state index in [1.165, 1.54) is 6.42 Å². The van der Waals surface area contributed by atoms with Gasteiger partial charge in [0, 0.05) is 17.8 Å². The lowest BCUT2D eigenvalue weighted by molar-refractivity contribution is -0.142. The van der Waals surface area contributed by atoms with Crippen LogP contribution in [0.25, 0.3) is 0 Å². The summed E-state index contributed by atoms with van der Waals surface area (Å²) in [5.41, 5.74) is 0.747. The number of benzene rings is 1. The molecule has 1 spiro atoms. The molecule has 4 fully saturated rings. The lowest BCUT2D eigenvalue weighted by atomic mass is 9.74. The summed E-state index contributed by atoms with van der Waals surface area (Å²) in [5.74, 6) is -1.78. The van der Waals surface area contributed by atoms with Crippen LogP contribution in [0.15, 0.2) is 36.4 Å². The maximum atomic E-state index is 13.7. The summed E-state index contributed by atoms with van der Waals surface area (Å²) in [6.07, 6.45) is 10.5. The number of amides is 3. The summed E-state index contributed by atoms with van der Waals surface area (Å²) in [7, 11) is 0. The van der Waals surface area contributed by atoms with Crippen molar-refractivity contribution in [2.45, 2.75) is 81.7 Å². The quantitative estimate of drug-likeness (QED) is 0.677. The van der Waals surface area contributed by atoms with Crippen molar-refractivity contribution in [2.24, 2.45) is 11.8 Å². The van der Waals surface area contributed by atoms with Crippen molar-refractivity contribution >= 4 is 23.4 Å². The van der Waals surface area contributed by atoms with Gasteiger partial charge in [0.15, 0.2) is 0 Å². The molecule has 1 aromatic carbocycles. The Hall–Kier alpha value is -2.67. The van der Waals surface area contributed by atoms with Gasteiger partial charge in [0.2, 0.25) is 17.7 Å². The molecule has 5 aliphatic rings. The second-order valence-corrected chi connectivity index (χ2v) is 10.4. The maximum absolute atomic E-state index is 13.7. The summed E-state index contributed by atoms with van der Waals surface area (Å²) in [6, 6.07) is 7.12. The van der Waals surface area contributed by atoms with Gasteiger partial charge in [-0.2, -0.15) is 0 Å². The summed E-state index contributed by atoms with van der Waals surface area (Å²) in [4.78, 5) is 42.4. The van der Waals surface area contributed by atoms with E-state index in [0.29, 0.717) is 5.69 Å². The van der Waals surface area contributed by atoms with Crippen LogP contribution < -0.4 is 10.6 Å². The Kier molecular flexibility index (Phi) is 4.87. The highest BCUT2D eigenvalue weighted by Crippen LogP contribution is 2.57. The predicted molar refractivity (Wildman–Crippen MR) is 122 cm³/mol. The van der Waals surface area contributed by atoms with Gasteiger partial charge in [-0.05, 0) is 44.7 Å². The van der Waals surface area contributed by atoms with Crippen molar-refractivity contribution in [3.8, 4) is 0 Å². The number of likely N-dealkylation sites (tertiary alicyclic amines) is 1. The fraction of sp³-hybridized carbons (Fsp3) is 0.577. The molecule has 2 N–H and O–H groups in total. The number of rotatable bonds is 5. The van der Waals surface area contributed by atoms with Crippen LogP contribution in [0.1, 0.15) is 50.5 Å². The number of anilines is 1. The molecule has 3 heterocycles. The summed E-state index contributed by atoms with van der Waals surface area (Å²) < 4.78 is 6.38. The molecule has 0 aromatic heterocycles. The molecule has 2 saturated carbocycles. The Morgan fingerprint density at radius 3 is 2.45 bits per heavy atom. The van der Waals surface area contributed by atoms with E-state index < -0.39 is 29.6 Å². The molecule has 3 amide bonds. The van der Waals surface area contributed by atoms with E-state index >= 15 is 0 Å². The zero-order chi connectivity index (χ0) is 22.7. The Morgan fingerprint density at radius 1 is 1.03 bits per heavy atom. The van der Waals surface area contributed by atoms with Crippen molar-refractivity contribution in [3.05, 3.63) is 42.0 Å². The number of carbonyl (C=O) groups is 3. The molecule has 1 aromatic rings. The minimum atomic E-state index is -1.06. The molecule has 0 unspecified atom stereocenters. The Morgan fingerprint density at radius 2 is 1.76 bits per heavy atom. The second kappa shape index (κ2) is 7.69. The first-order valence-corrected chi connectivity index (χ1v) is 12.4. The molecule has 2 bridgehead atoms. The van der Waals surface area contributed by atoms with Gasteiger partial charge in [0.05, 0.1) is 17.9 Å². The number of ether oxygens (including phenoxy) is 1. The molecule has 7 heteroatoms. The van der Waals surface area contributed by atoms with Crippen molar-refractivity contribution < 1.29 is 19.1 Å². The first-order valence-electron chi connectivity index (χ1n) is 12.4. The molecule has 2 saturated heterocycles. The monoisotopic (exact) mass is 449 g/mol. The minimum absolute atomic E-state index is 0.0661. The van der Waals surface area contributed by atoms with Gasteiger partial charge in [-0.25, -0.2) is 0 Å². The molecule has 3 aliphatic heterocycles. The van der Waals surface area contributed by atoms with Crippen LogP contribution in [-0.4, -0.2) is 52.5 Å². The van der Waals surface area contributed by atoms with E-state index in [1.54, 1.807) is 4.90 Å². The maximum Gasteiger partial charge on any atom is 0.246 e. The number of hydrogen-bond acceptors (Lipinski definition) is 4. The highest BCUT2D eigenvalue weighted by molar-refractivity contribution is 6.03. The number of nitrogens with one attached hydrogen (secondary N) is 2. The smallest absolute Gasteiger partial charge is 0.246 e. The van der Waals surface area contributed by atoms with Crippen molar-refractivity contribution in [3.63, 3.8) is 0 Å². The first kappa shape index (κ1) is 20.9. The third-order valence-electron chi connectivity index (χ3n) is 8.07. The topological polar surface area (TPSA) is 87.7 Å². The lowest BCUT2D eigenvalue weighted by Gasteiger charge is -2.34. The Labute approximate surface area is 193 Å². The van der Waals surface area contributed by atoms with Crippen LogP contribution in [0.4, 0.5) is 5.69 Å². The van der Waals surface area contributed by atoms with Crippen LogP contribution in [-0.2, 0) is 19.1 Å². The van der Waals surface area contributed by atoms with Crippen molar-refractivity contribution in [1.29, 1.82) is 0 Å². The third-order valence-corrected chi connectivity index (χ3v) is 8.07. The lowest BCUT2D eigenvalue weighted by Crippen LogP contribution is -2.57. The summed E-state index contributed by atoms with van der Waals surface area (Å²) in [5, 5.41) is 6.20. The number of hydrogen-bond donors (Lipinski definition) is 2. The van der Waals surface area contributed by atoms with Crippen LogP contribution in [0.3, 0.4) is 0 Å². The van der Waals surface area contributed by atoms with E-state index in [1.807, 2.05) is 43.3 Å². The molecule has 7 nitrogen and oxygen atoms in total. The molecule has 33 heavy (non-hydrogen) atoms. The molecular weight excluding hydrogens is 418 g/mol. The molecule has 5 atom stereocenters. The van der Waals surface area contributed by atoms with Crippen LogP contribution in [0.5, 0.6) is 0 Å². The zero-order valence-electron chi connectivity index (χ0n) is 19.0. The largest absolute Gasteiger partial charge is 0.359 e. The van der Waals surface area contributed by atoms with Gasteiger partial charge in [-0.15, -0.1) is 0 Å². The van der Waals surface area contributed by atoms with Gasteiger partial charge in [0.1, 0.15) is 11.6 Å². The Balaban J connectivity index is 1.29. The second-order valence-electron chi connectivity index (χ2n) is 10.4. The van der Waals surface area contributed by atoms with Crippen molar-refractivity contribution in [2.75, 3.05) is 5.32 Å². The number of nitrogens with zero attached hydrogens (tertiary/aromatic N) is 1. The first-order chi connectivity index (χ1) is 16.0. The minimum Gasteiger partial charge on any atom is -0.359 e. The highest BCUT2D eigenvalue weighted by atomic mass is 16.5. The SMILES string of the molecule is Cc1ccc(NC(=O)[C@H]2[C@H]3C=C[C@]4(O3)[C@H](C(=O)NC3CCCCC3)N(C3CC3)C(=O)[C@@H]24)cc1. The average molecular weight is 450 g/mol. The van der Waals surface area contributed by atoms with Gasteiger partial charge in [-0.1, -0.05) is 49.1 Å².